The van der Waals surface area contributed by atoms with Crippen LogP contribution in [0.4, 0.5) is 5.95 Å². The zero-order valence-electron chi connectivity index (χ0n) is 14.5. The van der Waals surface area contributed by atoms with Crippen molar-refractivity contribution in [3.05, 3.63) is 36.0 Å². The number of H-pyrrole nitrogens is 1. The summed E-state index contributed by atoms with van der Waals surface area (Å²) < 4.78 is 2.26. The minimum absolute atomic E-state index is 0.125. The molecule has 0 bridgehead atoms. The third kappa shape index (κ3) is 2.80. The lowest BCUT2D eigenvalue weighted by molar-refractivity contribution is 0.102. The summed E-state index contributed by atoms with van der Waals surface area (Å²) >= 11 is 1.51. The molecule has 2 aliphatic rings. The van der Waals surface area contributed by atoms with Crippen molar-refractivity contribution in [2.24, 2.45) is 0 Å². The monoisotopic (exact) mass is 367 g/mol. The molecule has 0 unspecified atom stereocenters. The first-order valence-corrected chi connectivity index (χ1v) is 10.2. The number of nitrogens with one attached hydrogen (secondary N) is 1. The summed E-state index contributed by atoms with van der Waals surface area (Å²) in [6.07, 6.45) is 6.62. The quantitative estimate of drug-likeness (QED) is 0.532. The fourth-order valence-corrected chi connectivity index (χ4v) is 4.55. The topological polar surface area (TPSA) is 66.8 Å². The number of Topliss-reactive ketones (excluding diaryl/α,β-unsaturated/α-hetero) is 1. The van der Waals surface area contributed by atoms with Crippen LogP contribution >= 0.6 is 11.8 Å². The molecular weight excluding hydrogens is 346 g/mol. The largest absolute Gasteiger partial charge is 0.360 e. The molecule has 0 spiro atoms. The molecule has 0 atom stereocenters. The van der Waals surface area contributed by atoms with E-state index in [-0.39, 0.29) is 5.78 Å². The molecule has 1 saturated carbocycles. The minimum atomic E-state index is 0.125. The molecular formula is C19H21N5OS. The average molecular weight is 367 g/mol. The zero-order chi connectivity index (χ0) is 17.5. The summed E-state index contributed by atoms with van der Waals surface area (Å²) in [5.74, 6) is 1.50. The van der Waals surface area contributed by atoms with Gasteiger partial charge in [-0.1, -0.05) is 30.0 Å². The number of aromatic amines is 1. The van der Waals surface area contributed by atoms with Crippen LogP contribution in [-0.2, 0) is 0 Å². The number of anilines is 1. The summed E-state index contributed by atoms with van der Waals surface area (Å²) in [6.45, 7) is 2.12. The lowest BCUT2D eigenvalue weighted by Crippen LogP contribution is -2.22. The number of carbonyl (C=O) groups is 1. The van der Waals surface area contributed by atoms with Crippen molar-refractivity contribution >= 4 is 34.4 Å². The Hall–Kier alpha value is -2.28. The summed E-state index contributed by atoms with van der Waals surface area (Å²) in [5.41, 5.74) is 1.75. The van der Waals surface area contributed by atoms with Gasteiger partial charge in [-0.3, -0.25) is 9.36 Å². The maximum atomic E-state index is 12.7. The number of ketones is 1. The maximum absolute atomic E-state index is 12.7. The molecule has 2 fully saturated rings. The number of aromatic nitrogens is 4. The first-order chi connectivity index (χ1) is 12.8. The third-order valence-electron chi connectivity index (χ3n) is 5.17. The molecule has 6 nitrogen and oxygen atoms in total. The number of fused-ring (bicyclic) bond motifs is 1. The van der Waals surface area contributed by atoms with Crippen LogP contribution in [0.15, 0.2) is 35.6 Å². The molecule has 2 aromatic heterocycles. The van der Waals surface area contributed by atoms with E-state index in [9.17, 15) is 4.79 Å². The van der Waals surface area contributed by atoms with E-state index in [4.69, 9.17) is 0 Å². The molecule has 1 aliphatic heterocycles. The van der Waals surface area contributed by atoms with E-state index in [0.717, 1.165) is 40.7 Å². The first-order valence-electron chi connectivity index (χ1n) is 9.23. The number of nitrogens with zero attached hydrogens (tertiary/aromatic N) is 4. The molecule has 5 rings (SSSR count). The number of carbonyl (C=O) groups excluding carboxylic acids is 1. The van der Waals surface area contributed by atoms with Gasteiger partial charge in [0.25, 0.3) is 0 Å². The van der Waals surface area contributed by atoms with Crippen LogP contribution < -0.4 is 4.90 Å². The predicted octanol–water partition coefficient (Wildman–Crippen LogP) is 3.67. The van der Waals surface area contributed by atoms with Gasteiger partial charge in [0.15, 0.2) is 10.9 Å². The Balaban J connectivity index is 1.36. The lowest BCUT2D eigenvalue weighted by atomic mass is 10.1. The second-order valence-electron chi connectivity index (χ2n) is 7.04. The highest BCUT2D eigenvalue weighted by molar-refractivity contribution is 7.99. The van der Waals surface area contributed by atoms with Gasteiger partial charge < -0.3 is 9.88 Å². The molecule has 0 amide bonds. The summed E-state index contributed by atoms with van der Waals surface area (Å²) in [4.78, 5) is 18.3. The number of hydrogen-bond donors (Lipinski definition) is 1. The molecule has 1 aliphatic carbocycles. The molecule has 3 aromatic rings. The van der Waals surface area contributed by atoms with Gasteiger partial charge in [-0.15, -0.1) is 10.2 Å². The van der Waals surface area contributed by atoms with Crippen molar-refractivity contribution in [3.8, 4) is 0 Å². The van der Waals surface area contributed by atoms with Crippen molar-refractivity contribution in [2.45, 2.75) is 36.9 Å². The van der Waals surface area contributed by atoms with Crippen molar-refractivity contribution in [1.29, 1.82) is 0 Å². The zero-order valence-corrected chi connectivity index (χ0v) is 15.3. The summed E-state index contributed by atoms with van der Waals surface area (Å²) in [7, 11) is 0. The second kappa shape index (κ2) is 6.46. The third-order valence-corrected chi connectivity index (χ3v) is 6.11. The molecule has 3 heterocycles. The Morgan fingerprint density at radius 1 is 1.19 bits per heavy atom. The summed E-state index contributed by atoms with van der Waals surface area (Å²) in [6, 6.07) is 8.42. The Morgan fingerprint density at radius 3 is 2.81 bits per heavy atom. The van der Waals surface area contributed by atoms with Crippen LogP contribution in [0, 0.1) is 0 Å². The van der Waals surface area contributed by atoms with Crippen LogP contribution in [-0.4, -0.2) is 44.4 Å². The number of thioether (sulfide) groups is 1. The molecule has 7 heteroatoms. The van der Waals surface area contributed by atoms with Crippen LogP contribution in [0.2, 0.25) is 0 Å². The van der Waals surface area contributed by atoms with E-state index < -0.39 is 0 Å². The number of benzene rings is 1. The highest BCUT2D eigenvalue weighted by Gasteiger charge is 2.32. The van der Waals surface area contributed by atoms with E-state index in [1.807, 2.05) is 30.5 Å². The van der Waals surface area contributed by atoms with Crippen LogP contribution in [0.1, 0.15) is 42.1 Å². The smallest absolute Gasteiger partial charge is 0.228 e. The number of rotatable bonds is 6. The van der Waals surface area contributed by atoms with Crippen molar-refractivity contribution in [2.75, 3.05) is 23.7 Å². The van der Waals surface area contributed by atoms with E-state index in [0.29, 0.717) is 11.8 Å². The van der Waals surface area contributed by atoms with Crippen LogP contribution in [0.3, 0.4) is 0 Å². The molecule has 0 radical (unpaired) electrons. The Kier molecular flexibility index (Phi) is 3.96. The van der Waals surface area contributed by atoms with E-state index in [1.165, 1.54) is 37.4 Å². The van der Waals surface area contributed by atoms with Gasteiger partial charge in [-0.2, -0.15) is 0 Å². The maximum Gasteiger partial charge on any atom is 0.228 e. The van der Waals surface area contributed by atoms with Gasteiger partial charge in [0, 0.05) is 41.8 Å². The van der Waals surface area contributed by atoms with Crippen LogP contribution in [0.5, 0.6) is 0 Å². The predicted molar refractivity (Wildman–Crippen MR) is 103 cm³/mol. The van der Waals surface area contributed by atoms with Gasteiger partial charge in [0.1, 0.15) is 0 Å². The molecule has 1 aromatic carbocycles. The van der Waals surface area contributed by atoms with Crippen LogP contribution in [0.25, 0.3) is 10.9 Å². The molecule has 1 saturated heterocycles. The van der Waals surface area contributed by atoms with Gasteiger partial charge in [0.05, 0.1) is 5.75 Å². The molecule has 1 N–H and O–H groups in total. The van der Waals surface area contributed by atoms with Gasteiger partial charge in [-0.25, -0.2) is 0 Å². The summed E-state index contributed by atoms with van der Waals surface area (Å²) in [5, 5.41) is 10.7. The molecule has 134 valence electrons. The lowest BCUT2D eigenvalue weighted by Gasteiger charge is -2.17. The van der Waals surface area contributed by atoms with E-state index in [2.05, 4.69) is 24.6 Å². The number of hydrogen-bond acceptors (Lipinski definition) is 5. The van der Waals surface area contributed by atoms with Gasteiger partial charge in [-0.05, 0) is 31.7 Å². The second-order valence-corrected chi connectivity index (χ2v) is 7.98. The van der Waals surface area contributed by atoms with E-state index in [1.54, 1.807) is 0 Å². The molecule has 26 heavy (non-hydrogen) atoms. The highest BCUT2D eigenvalue weighted by Crippen LogP contribution is 2.41. The average Bonchev–Trinajstić information content (AvgIpc) is 3.08. The van der Waals surface area contributed by atoms with Gasteiger partial charge >= 0.3 is 0 Å². The SMILES string of the molecule is O=C(CSc1nnc(N2CCCC2)n1C1CC1)c1c[nH]c2ccccc12. The fraction of sp³-hybridized carbons (Fsp3) is 0.421. The fourth-order valence-electron chi connectivity index (χ4n) is 3.66. The normalized spacial score (nSPS) is 17.3. The van der Waals surface area contributed by atoms with Crippen molar-refractivity contribution in [3.63, 3.8) is 0 Å². The Bertz CT molecular complexity index is 952. The van der Waals surface area contributed by atoms with Gasteiger partial charge in [0.2, 0.25) is 5.95 Å². The number of para-hydroxylation sites is 1. The van der Waals surface area contributed by atoms with E-state index >= 15 is 0 Å². The minimum Gasteiger partial charge on any atom is -0.360 e. The van der Waals surface area contributed by atoms with Crippen molar-refractivity contribution < 1.29 is 4.79 Å². The highest BCUT2D eigenvalue weighted by atomic mass is 32.2. The Labute approximate surface area is 156 Å². The van der Waals surface area contributed by atoms with Crippen molar-refractivity contribution in [1.82, 2.24) is 19.7 Å². The first kappa shape index (κ1) is 15.9. The Morgan fingerprint density at radius 2 is 2.00 bits per heavy atom. The standard InChI is InChI=1S/C19H21N5OS/c25-17(15-11-20-16-6-2-1-5-14(15)16)12-26-19-22-21-18(23-9-3-4-10-23)24(19)13-7-8-13/h1-2,5-6,11,13,20H,3-4,7-10,12H2.